The lowest BCUT2D eigenvalue weighted by Gasteiger charge is -2.38. The van der Waals surface area contributed by atoms with Crippen LogP contribution < -0.4 is 10.6 Å². The van der Waals surface area contributed by atoms with Crippen molar-refractivity contribution in [1.29, 1.82) is 0 Å². The molecule has 2 aliphatic rings. The van der Waals surface area contributed by atoms with Crippen LogP contribution in [0.4, 0.5) is 4.79 Å². The smallest absolute Gasteiger partial charge is 0.322 e. The number of likely N-dealkylation sites (tertiary alicyclic amines) is 1. The minimum atomic E-state index is -0.863. The number of rotatable bonds is 5. The van der Waals surface area contributed by atoms with Gasteiger partial charge in [0.05, 0.1) is 6.42 Å². The Labute approximate surface area is 160 Å². The van der Waals surface area contributed by atoms with Crippen molar-refractivity contribution >= 4 is 17.8 Å². The summed E-state index contributed by atoms with van der Waals surface area (Å²) in [5.41, 5.74) is 1.47. The quantitative estimate of drug-likeness (QED) is 0.780. The van der Waals surface area contributed by atoms with E-state index in [9.17, 15) is 14.4 Å². The van der Waals surface area contributed by atoms with Crippen molar-refractivity contribution < 1.29 is 14.4 Å². The van der Waals surface area contributed by atoms with E-state index in [1.807, 2.05) is 17.0 Å². The van der Waals surface area contributed by atoms with E-state index in [0.717, 1.165) is 12.0 Å². The van der Waals surface area contributed by atoms with Gasteiger partial charge in [0.25, 0.3) is 5.91 Å². The molecule has 2 aliphatic heterocycles. The second-order valence-corrected chi connectivity index (χ2v) is 8.36. The van der Waals surface area contributed by atoms with E-state index >= 15 is 0 Å². The Bertz CT molecular complexity index is 721. The fraction of sp³-hybridized carbons (Fsp3) is 0.571. The molecular weight excluding hydrogens is 342 g/mol. The minimum absolute atomic E-state index is 0.0447. The number of amides is 4. The molecule has 2 N–H and O–H groups in total. The summed E-state index contributed by atoms with van der Waals surface area (Å²) in [6.45, 7) is 7.40. The highest BCUT2D eigenvalue weighted by molar-refractivity contribution is 6.07. The highest BCUT2D eigenvalue weighted by atomic mass is 16.2. The van der Waals surface area contributed by atoms with Crippen molar-refractivity contribution in [3.05, 3.63) is 35.4 Å². The second-order valence-electron chi connectivity index (χ2n) is 8.36. The maximum absolute atomic E-state index is 12.6. The first kappa shape index (κ1) is 19.4. The molecule has 1 atom stereocenters. The number of benzene rings is 1. The molecule has 2 saturated heterocycles. The summed E-state index contributed by atoms with van der Waals surface area (Å²) in [4.78, 5) is 38.0. The molecule has 2 heterocycles. The Balaban J connectivity index is 1.53. The molecule has 3 rings (SSSR count). The molecule has 1 aromatic carbocycles. The van der Waals surface area contributed by atoms with Gasteiger partial charge in [-0.05, 0) is 49.1 Å². The molecule has 0 aromatic heterocycles. The zero-order chi connectivity index (χ0) is 19.6. The molecule has 6 nitrogen and oxygen atoms in total. The highest BCUT2D eigenvalue weighted by Crippen LogP contribution is 2.30. The monoisotopic (exact) mass is 371 g/mol. The maximum Gasteiger partial charge on any atom is 0.322 e. The molecule has 0 spiro atoms. The third-order valence-electron chi connectivity index (χ3n) is 5.76. The van der Waals surface area contributed by atoms with Gasteiger partial charge in [-0.15, -0.1) is 0 Å². The normalized spacial score (nSPS) is 23.5. The Kier molecular flexibility index (Phi) is 5.53. The minimum Gasteiger partial charge on any atom is -0.342 e. The van der Waals surface area contributed by atoms with E-state index in [1.165, 1.54) is 5.56 Å². The molecule has 146 valence electrons. The first-order chi connectivity index (χ1) is 12.8. The Morgan fingerprint density at radius 1 is 1.15 bits per heavy atom. The largest absolute Gasteiger partial charge is 0.342 e. The lowest BCUT2D eigenvalue weighted by Crippen LogP contribution is -2.54. The van der Waals surface area contributed by atoms with Crippen LogP contribution in [0.3, 0.4) is 0 Å². The molecule has 27 heavy (non-hydrogen) atoms. The number of nitrogens with one attached hydrogen (secondary N) is 2. The van der Waals surface area contributed by atoms with Crippen molar-refractivity contribution in [2.75, 3.05) is 13.1 Å². The summed E-state index contributed by atoms with van der Waals surface area (Å²) in [7, 11) is 0. The van der Waals surface area contributed by atoms with Gasteiger partial charge in [0.2, 0.25) is 5.91 Å². The van der Waals surface area contributed by atoms with Crippen LogP contribution in [0.15, 0.2) is 24.3 Å². The Hall–Kier alpha value is -2.37. The van der Waals surface area contributed by atoms with Crippen molar-refractivity contribution in [3.8, 4) is 0 Å². The van der Waals surface area contributed by atoms with Gasteiger partial charge < -0.3 is 10.2 Å². The van der Waals surface area contributed by atoms with Crippen LogP contribution in [-0.2, 0) is 22.4 Å². The fourth-order valence-corrected chi connectivity index (χ4v) is 4.10. The number of carbonyl (C=O) groups is 3. The second kappa shape index (κ2) is 7.71. The SMILES string of the molecule is CC(C)Cc1ccc(CC(=O)N2CCC([C@]3(C)NC(=O)NC3=O)CC2)cc1. The van der Waals surface area contributed by atoms with Crippen molar-refractivity contribution in [2.24, 2.45) is 11.8 Å². The Morgan fingerprint density at radius 2 is 1.74 bits per heavy atom. The predicted octanol–water partition coefficient (Wildman–Crippen LogP) is 2.26. The third-order valence-corrected chi connectivity index (χ3v) is 5.76. The fourth-order valence-electron chi connectivity index (χ4n) is 4.10. The van der Waals surface area contributed by atoms with Gasteiger partial charge in [0.15, 0.2) is 0 Å². The summed E-state index contributed by atoms with van der Waals surface area (Å²) in [6.07, 6.45) is 2.87. The molecule has 6 heteroatoms. The number of hydrogen-bond acceptors (Lipinski definition) is 3. The van der Waals surface area contributed by atoms with Gasteiger partial charge >= 0.3 is 6.03 Å². The average Bonchev–Trinajstić information content (AvgIpc) is 2.89. The van der Waals surface area contributed by atoms with E-state index in [2.05, 4.69) is 36.6 Å². The lowest BCUT2D eigenvalue weighted by atomic mass is 9.79. The van der Waals surface area contributed by atoms with E-state index in [-0.39, 0.29) is 17.7 Å². The zero-order valence-electron chi connectivity index (χ0n) is 16.4. The number of hydrogen-bond donors (Lipinski definition) is 2. The molecule has 2 fully saturated rings. The number of imide groups is 1. The van der Waals surface area contributed by atoms with Gasteiger partial charge in [-0.1, -0.05) is 38.1 Å². The standard InChI is InChI=1S/C21H29N3O3/c1-14(2)12-15-4-6-16(7-5-15)13-18(25)24-10-8-17(9-11-24)21(3)19(26)22-20(27)23-21/h4-7,14,17H,8-13H2,1-3H3,(H2,22,23,26,27)/t21-/m0/s1. The summed E-state index contributed by atoms with van der Waals surface area (Å²) in [6, 6.07) is 7.87. The molecule has 0 aliphatic carbocycles. The molecule has 0 saturated carbocycles. The molecule has 0 radical (unpaired) electrons. The van der Waals surface area contributed by atoms with Crippen LogP contribution in [0.2, 0.25) is 0 Å². The van der Waals surface area contributed by atoms with E-state index < -0.39 is 11.6 Å². The van der Waals surface area contributed by atoms with Crippen molar-refractivity contribution in [3.63, 3.8) is 0 Å². The van der Waals surface area contributed by atoms with Crippen molar-refractivity contribution in [2.45, 2.75) is 52.0 Å². The average molecular weight is 371 g/mol. The van der Waals surface area contributed by atoms with Crippen LogP contribution in [0, 0.1) is 11.8 Å². The number of urea groups is 1. The number of carbonyl (C=O) groups excluding carboxylic acids is 3. The first-order valence-electron chi connectivity index (χ1n) is 9.77. The highest BCUT2D eigenvalue weighted by Gasteiger charge is 2.48. The molecule has 0 bridgehead atoms. The van der Waals surface area contributed by atoms with E-state index in [0.29, 0.717) is 38.3 Å². The first-order valence-corrected chi connectivity index (χ1v) is 9.77. The van der Waals surface area contributed by atoms with Gasteiger partial charge in [-0.25, -0.2) is 4.79 Å². The van der Waals surface area contributed by atoms with Gasteiger partial charge in [0, 0.05) is 13.1 Å². The van der Waals surface area contributed by atoms with Crippen molar-refractivity contribution in [1.82, 2.24) is 15.5 Å². The van der Waals surface area contributed by atoms with Gasteiger partial charge in [-0.2, -0.15) is 0 Å². The van der Waals surface area contributed by atoms with E-state index in [1.54, 1.807) is 6.92 Å². The van der Waals surface area contributed by atoms with Crippen LogP contribution >= 0.6 is 0 Å². The van der Waals surface area contributed by atoms with Crippen LogP contribution in [0.5, 0.6) is 0 Å². The Morgan fingerprint density at radius 3 is 2.26 bits per heavy atom. The molecule has 0 unspecified atom stereocenters. The summed E-state index contributed by atoms with van der Waals surface area (Å²) in [5, 5.41) is 5.07. The van der Waals surface area contributed by atoms with Gasteiger partial charge in [0.1, 0.15) is 5.54 Å². The maximum atomic E-state index is 12.6. The third kappa shape index (κ3) is 4.31. The predicted molar refractivity (Wildman–Crippen MR) is 103 cm³/mol. The number of piperidine rings is 1. The molecule has 1 aromatic rings. The summed E-state index contributed by atoms with van der Waals surface area (Å²) >= 11 is 0. The van der Waals surface area contributed by atoms with Gasteiger partial charge in [-0.3, -0.25) is 14.9 Å². The zero-order valence-corrected chi connectivity index (χ0v) is 16.4. The van der Waals surface area contributed by atoms with Crippen LogP contribution in [-0.4, -0.2) is 41.4 Å². The molecule has 4 amide bonds. The summed E-state index contributed by atoms with van der Waals surface area (Å²) < 4.78 is 0. The van der Waals surface area contributed by atoms with E-state index in [4.69, 9.17) is 0 Å². The lowest BCUT2D eigenvalue weighted by molar-refractivity contribution is -0.132. The molecular formula is C21H29N3O3. The number of nitrogens with zero attached hydrogens (tertiary/aromatic N) is 1. The van der Waals surface area contributed by atoms with Crippen LogP contribution in [0.25, 0.3) is 0 Å². The summed E-state index contributed by atoms with van der Waals surface area (Å²) in [5.74, 6) is 0.518. The topological polar surface area (TPSA) is 78.5 Å². The van der Waals surface area contributed by atoms with Crippen LogP contribution in [0.1, 0.15) is 44.7 Å².